The molecule has 0 spiro atoms. The fourth-order valence-corrected chi connectivity index (χ4v) is 1.90. The first-order valence-corrected chi connectivity index (χ1v) is 7.52. The van der Waals surface area contributed by atoms with Gasteiger partial charge >= 0.3 is 24.0 Å². The van der Waals surface area contributed by atoms with Crippen LogP contribution in [-0.2, 0) is 23.9 Å². The third kappa shape index (κ3) is 6.96. The molecule has 148 valence electrons. The summed E-state index contributed by atoms with van der Waals surface area (Å²) in [5, 5.41) is 3.99. The highest BCUT2D eigenvalue weighted by Crippen LogP contribution is 2.18. The molecule has 8 nitrogen and oxygen atoms in total. The largest absolute Gasteiger partial charge is 0.471 e. The number of amides is 2. The minimum Gasteiger partial charge on any atom is -0.469 e. The Morgan fingerprint density at radius 1 is 1.04 bits per heavy atom. The molecule has 27 heavy (non-hydrogen) atoms. The molecule has 0 bridgehead atoms. The molecule has 0 saturated carbocycles. The zero-order chi connectivity index (χ0) is 20.6. The van der Waals surface area contributed by atoms with Crippen LogP contribution in [0.2, 0.25) is 0 Å². The molecule has 1 rings (SSSR count). The molecule has 0 aliphatic carbocycles. The molecule has 0 aliphatic rings. The van der Waals surface area contributed by atoms with E-state index < -0.39 is 36.0 Å². The van der Waals surface area contributed by atoms with Crippen molar-refractivity contribution < 1.29 is 41.8 Å². The maximum absolute atomic E-state index is 12.2. The van der Waals surface area contributed by atoms with E-state index in [1.54, 1.807) is 5.32 Å². The van der Waals surface area contributed by atoms with Gasteiger partial charge in [-0.05, 0) is 30.7 Å². The summed E-state index contributed by atoms with van der Waals surface area (Å²) in [5.74, 6) is -4.22. The van der Waals surface area contributed by atoms with Crippen molar-refractivity contribution in [1.29, 1.82) is 0 Å². The van der Waals surface area contributed by atoms with Crippen LogP contribution in [-0.4, -0.2) is 50.2 Å². The first-order chi connectivity index (χ1) is 12.6. The van der Waals surface area contributed by atoms with E-state index in [9.17, 15) is 32.3 Å². The lowest BCUT2D eigenvalue weighted by molar-refractivity contribution is -0.167. The highest BCUT2D eigenvalue weighted by Gasteiger charge is 2.38. The Morgan fingerprint density at radius 2 is 1.63 bits per heavy atom. The molecule has 1 aromatic rings. The van der Waals surface area contributed by atoms with Gasteiger partial charge in [-0.15, -0.1) is 0 Å². The second-order valence-corrected chi connectivity index (χ2v) is 5.19. The van der Waals surface area contributed by atoms with Gasteiger partial charge in [-0.3, -0.25) is 14.4 Å². The number of hydrogen-bond acceptors (Lipinski definition) is 6. The molecule has 1 atom stereocenters. The number of carbonyl (C=O) groups excluding carboxylic acids is 4. The molecule has 2 N–H and O–H groups in total. The van der Waals surface area contributed by atoms with E-state index in [-0.39, 0.29) is 24.1 Å². The van der Waals surface area contributed by atoms with Crippen LogP contribution in [0.25, 0.3) is 0 Å². The van der Waals surface area contributed by atoms with Crippen LogP contribution in [0.1, 0.15) is 23.2 Å². The van der Waals surface area contributed by atoms with Crippen molar-refractivity contribution in [2.75, 3.05) is 19.5 Å². The molecular weight excluding hydrogens is 378 g/mol. The van der Waals surface area contributed by atoms with Crippen molar-refractivity contribution in [2.45, 2.75) is 25.1 Å². The lowest BCUT2D eigenvalue weighted by Gasteiger charge is -2.16. The molecule has 11 heteroatoms. The van der Waals surface area contributed by atoms with E-state index in [1.807, 2.05) is 0 Å². The molecule has 0 saturated heterocycles. The van der Waals surface area contributed by atoms with E-state index in [0.29, 0.717) is 0 Å². The quantitative estimate of drug-likeness (QED) is 0.534. The van der Waals surface area contributed by atoms with Gasteiger partial charge in [0.1, 0.15) is 6.04 Å². The van der Waals surface area contributed by atoms with Gasteiger partial charge in [-0.1, -0.05) is 0 Å². The number of esters is 2. The van der Waals surface area contributed by atoms with Crippen LogP contribution in [0.5, 0.6) is 0 Å². The zero-order valence-electron chi connectivity index (χ0n) is 14.4. The number of ether oxygens (including phenoxy) is 2. The molecule has 1 aromatic carbocycles. The van der Waals surface area contributed by atoms with E-state index >= 15 is 0 Å². The number of hydrogen-bond donors (Lipinski definition) is 2. The Bertz CT molecular complexity index is 703. The van der Waals surface area contributed by atoms with Crippen molar-refractivity contribution >= 4 is 29.4 Å². The standard InChI is InChI=1S/C16H17F3N2O6/c1-26-12(22)8-7-11(14(24)27-2)21-13(23)9-3-5-10(6-4-9)20-15(25)16(17,18)19/h3-6,11H,7-8H2,1-2H3,(H,20,25)(H,21,23)/t11-/m0/s1/i7+1,8+1,11+1,12+1,14+1. The summed E-state index contributed by atoms with van der Waals surface area (Å²) in [7, 11) is 2.28. The number of halogens is 3. The minimum atomic E-state index is -5.04. The molecule has 0 unspecified atom stereocenters. The normalized spacial score (nSPS) is 11.9. The lowest BCUT2D eigenvalue weighted by Crippen LogP contribution is -2.41. The van der Waals surface area contributed by atoms with Crippen LogP contribution in [0.4, 0.5) is 18.9 Å². The molecule has 0 heterocycles. The van der Waals surface area contributed by atoms with E-state index in [2.05, 4.69) is 14.8 Å². The van der Waals surface area contributed by atoms with Crippen LogP contribution >= 0.6 is 0 Å². The Labute approximate surface area is 152 Å². The Morgan fingerprint density at radius 3 is 2.11 bits per heavy atom. The lowest BCUT2D eigenvalue weighted by atomic mass is 10.2. The van der Waals surface area contributed by atoms with Gasteiger partial charge in [0.25, 0.3) is 5.91 Å². The minimum absolute atomic E-state index is 0.0204. The van der Waals surface area contributed by atoms with Crippen molar-refractivity contribution in [3.05, 3.63) is 29.8 Å². The fourth-order valence-electron chi connectivity index (χ4n) is 1.90. The number of rotatable bonds is 7. The first kappa shape index (κ1) is 21.9. The summed E-state index contributed by atoms with van der Waals surface area (Å²) in [4.78, 5) is 45.9. The van der Waals surface area contributed by atoms with Gasteiger partial charge in [0.2, 0.25) is 0 Å². The van der Waals surface area contributed by atoms with E-state index in [4.69, 9.17) is 0 Å². The maximum Gasteiger partial charge on any atom is 0.471 e. The van der Waals surface area contributed by atoms with Gasteiger partial charge in [0, 0.05) is 17.7 Å². The van der Waals surface area contributed by atoms with Crippen molar-refractivity contribution in [3.8, 4) is 0 Å². The Balaban J connectivity index is 2.77. The van der Waals surface area contributed by atoms with Crippen molar-refractivity contribution in [2.24, 2.45) is 0 Å². The summed E-state index contributed by atoms with van der Waals surface area (Å²) < 4.78 is 45.6. The van der Waals surface area contributed by atoms with Gasteiger partial charge in [-0.2, -0.15) is 13.2 Å². The number of benzene rings is 1. The first-order valence-electron chi connectivity index (χ1n) is 7.52. The van der Waals surface area contributed by atoms with E-state index in [0.717, 1.165) is 31.4 Å². The predicted molar refractivity (Wildman–Crippen MR) is 85.6 cm³/mol. The summed E-state index contributed by atoms with van der Waals surface area (Å²) in [6.07, 6.45) is -5.24. The zero-order valence-corrected chi connectivity index (χ0v) is 14.4. The number of anilines is 1. The summed E-state index contributed by atoms with van der Waals surface area (Å²) in [5.41, 5.74) is -0.143. The topological polar surface area (TPSA) is 111 Å². The number of methoxy groups -OCH3 is 2. The van der Waals surface area contributed by atoms with E-state index in [1.165, 1.54) is 7.11 Å². The summed E-state index contributed by atoms with van der Waals surface area (Å²) >= 11 is 0. The monoisotopic (exact) mass is 395 g/mol. The second-order valence-electron chi connectivity index (χ2n) is 5.19. The average molecular weight is 395 g/mol. The van der Waals surface area contributed by atoms with Crippen LogP contribution in [0, 0.1) is 0 Å². The SMILES string of the molecule is CO[13C](=O)[13CH2][13CH2][13C@H](NC(=O)c1ccc(NC(=O)C(F)(F)F)cc1)[13C](=O)OC. The fraction of sp³-hybridized carbons (Fsp3) is 0.375. The van der Waals surface area contributed by atoms with Gasteiger partial charge in [0.05, 0.1) is 14.2 Å². The number of alkyl halides is 3. The maximum atomic E-state index is 12.2. The third-order valence-corrected chi connectivity index (χ3v) is 3.32. The summed E-state index contributed by atoms with van der Waals surface area (Å²) in [6.45, 7) is 0. The summed E-state index contributed by atoms with van der Waals surface area (Å²) in [6, 6.07) is 3.40. The number of carbonyl (C=O) groups is 4. The highest BCUT2D eigenvalue weighted by molar-refractivity contribution is 5.98. The molecular formula is C16H17F3N2O6. The number of nitrogens with one attached hydrogen (secondary N) is 2. The molecule has 0 aromatic heterocycles. The average Bonchev–Trinajstić information content (AvgIpc) is 2.63. The smallest absolute Gasteiger partial charge is 0.469 e. The molecule has 0 aliphatic heterocycles. The van der Waals surface area contributed by atoms with Crippen molar-refractivity contribution in [1.82, 2.24) is 5.32 Å². The molecule has 0 radical (unpaired) electrons. The predicted octanol–water partition coefficient (Wildman–Crippen LogP) is 1.41. The van der Waals surface area contributed by atoms with Crippen LogP contribution < -0.4 is 10.6 Å². The van der Waals surface area contributed by atoms with Gasteiger partial charge < -0.3 is 20.1 Å². The molecule has 0 fully saturated rings. The second kappa shape index (κ2) is 9.55. The van der Waals surface area contributed by atoms with Crippen LogP contribution in [0.15, 0.2) is 24.3 Å². The van der Waals surface area contributed by atoms with Gasteiger partial charge in [-0.25, -0.2) is 4.79 Å². The van der Waals surface area contributed by atoms with Crippen LogP contribution in [0.3, 0.4) is 0 Å². The highest BCUT2D eigenvalue weighted by atomic mass is 19.4. The Kier molecular flexibility index (Phi) is 7.76. The molecule has 2 amide bonds. The third-order valence-electron chi connectivity index (χ3n) is 3.32. The Hall–Kier alpha value is -3.11. The van der Waals surface area contributed by atoms with Gasteiger partial charge in [0.15, 0.2) is 0 Å². The van der Waals surface area contributed by atoms with Crippen molar-refractivity contribution in [3.63, 3.8) is 0 Å².